The summed E-state index contributed by atoms with van der Waals surface area (Å²) < 4.78 is 0. The standard InChI is InChI=1S/C19H31N3O/c1-3-21(4-2)15-12-20-19(23)18-10-13-22(14-11-18)16-17-8-6-5-7-9-17/h5-9,18H,3-4,10-16H2,1-2H3,(H,20,23). The molecule has 1 saturated heterocycles. The number of nitrogens with one attached hydrogen (secondary N) is 1. The van der Waals surface area contributed by atoms with E-state index in [1.807, 2.05) is 0 Å². The van der Waals surface area contributed by atoms with Gasteiger partial charge in [0.2, 0.25) is 5.91 Å². The molecule has 0 radical (unpaired) electrons. The fourth-order valence-electron chi connectivity index (χ4n) is 3.22. The molecule has 2 rings (SSSR count). The number of hydrogen-bond acceptors (Lipinski definition) is 3. The van der Waals surface area contributed by atoms with E-state index in [0.717, 1.165) is 58.7 Å². The van der Waals surface area contributed by atoms with Gasteiger partial charge in [-0.1, -0.05) is 44.2 Å². The predicted molar refractivity (Wildman–Crippen MR) is 95.2 cm³/mol. The number of rotatable bonds is 8. The Kier molecular flexibility index (Phi) is 7.56. The second-order valence-electron chi connectivity index (χ2n) is 6.35. The van der Waals surface area contributed by atoms with Crippen molar-refractivity contribution in [2.24, 2.45) is 5.92 Å². The lowest BCUT2D eigenvalue weighted by atomic mass is 9.95. The molecule has 1 amide bonds. The predicted octanol–water partition coefficient (Wildman–Crippen LogP) is 2.36. The van der Waals surface area contributed by atoms with Gasteiger partial charge in [0.1, 0.15) is 0 Å². The molecule has 1 aromatic carbocycles. The SMILES string of the molecule is CCN(CC)CCNC(=O)C1CCN(Cc2ccccc2)CC1. The molecule has 1 heterocycles. The van der Waals surface area contributed by atoms with Crippen molar-refractivity contribution in [2.75, 3.05) is 39.3 Å². The van der Waals surface area contributed by atoms with Gasteiger partial charge in [-0.05, 0) is 44.6 Å². The molecular weight excluding hydrogens is 286 g/mol. The Morgan fingerprint density at radius 3 is 2.43 bits per heavy atom. The average Bonchev–Trinajstić information content (AvgIpc) is 2.60. The van der Waals surface area contributed by atoms with E-state index in [4.69, 9.17) is 0 Å². The monoisotopic (exact) mass is 317 g/mol. The molecule has 1 fully saturated rings. The number of hydrogen-bond donors (Lipinski definition) is 1. The minimum Gasteiger partial charge on any atom is -0.355 e. The van der Waals surface area contributed by atoms with E-state index in [-0.39, 0.29) is 11.8 Å². The van der Waals surface area contributed by atoms with Crippen LogP contribution in [0.2, 0.25) is 0 Å². The fraction of sp³-hybridized carbons (Fsp3) is 0.632. The summed E-state index contributed by atoms with van der Waals surface area (Å²) in [6.45, 7) is 11.2. The van der Waals surface area contributed by atoms with E-state index < -0.39 is 0 Å². The summed E-state index contributed by atoms with van der Waals surface area (Å²) in [4.78, 5) is 17.1. The van der Waals surface area contributed by atoms with Crippen LogP contribution >= 0.6 is 0 Å². The van der Waals surface area contributed by atoms with Crippen molar-refractivity contribution in [3.63, 3.8) is 0 Å². The zero-order chi connectivity index (χ0) is 16.5. The van der Waals surface area contributed by atoms with Crippen LogP contribution in [0, 0.1) is 5.92 Å². The van der Waals surface area contributed by atoms with Gasteiger partial charge in [-0.15, -0.1) is 0 Å². The number of benzene rings is 1. The maximum absolute atomic E-state index is 12.3. The molecule has 1 N–H and O–H groups in total. The average molecular weight is 317 g/mol. The highest BCUT2D eigenvalue weighted by Gasteiger charge is 2.24. The number of carbonyl (C=O) groups is 1. The van der Waals surface area contributed by atoms with Gasteiger partial charge in [-0.2, -0.15) is 0 Å². The first-order valence-electron chi connectivity index (χ1n) is 8.99. The Bertz CT molecular complexity index is 451. The van der Waals surface area contributed by atoms with Crippen LogP contribution < -0.4 is 5.32 Å². The first-order valence-corrected chi connectivity index (χ1v) is 8.99. The minimum atomic E-state index is 0.193. The van der Waals surface area contributed by atoms with Crippen LogP contribution in [0.4, 0.5) is 0 Å². The molecule has 1 aromatic rings. The van der Waals surface area contributed by atoms with Crippen molar-refractivity contribution in [1.29, 1.82) is 0 Å². The van der Waals surface area contributed by atoms with Crippen LogP contribution in [-0.2, 0) is 11.3 Å². The topological polar surface area (TPSA) is 35.6 Å². The maximum Gasteiger partial charge on any atom is 0.223 e. The largest absolute Gasteiger partial charge is 0.355 e. The molecule has 0 bridgehead atoms. The molecular formula is C19H31N3O. The maximum atomic E-state index is 12.3. The molecule has 4 heteroatoms. The molecule has 0 unspecified atom stereocenters. The lowest BCUT2D eigenvalue weighted by Crippen LogP contribution is -2.42. The number of carbonyl (C=O) groups excluding carboxylic acids is 1. The molecule has 0 spiro atoms. The van der Waals surface area contributed by atoms with E-state index in [1.165, 1.54) is 5.56 Å². The number of amides is 1. The van der Waals surface area contributed by atoms with Gasteiger partial charge >= 0.3 is 0 Å². The van der Waals surface area contributed by atoms with Crippen LogP contribution in [0.3, 0.4) is 0 Å². The van der Waals surface area contributed by atoms with Crippen LogP contribution in [0.5, 0.6) is 0 Å². The number of likely N-dealkylation sites (N-methyl/N-ethyl adjacent to an activating group) is 1. The van der Waals surface area contributed by atoms with Crippen LogP contribution in [0.15, 0.2) is 30.3 Å². The second kappa shape index (κ2) is 9.68. The minimum absolute atomic E-state index is 0.193. The first kappa shape index (κ1) is 18.0. The summed E-state index contributed by atoms with van der Waals surface area (Å²) in [6.07, 6.45) is 1.95. The molecule has 0 aliphatic carbocycles. The molecule has 128 valence electrons. The molecule has 0 atom stereocenters. The third kappa shape index (κ3) is 5.96. The summed E-state index contributed by atoms with van der Waals surface area (Å²) in [6, 6.07) is 10.6. The normalized spacial score (nSPS) is 16.7. The van der Waals surface area contributed by atoms with Crippen molar-refractivity contribution >= 4 is 5.91 Å². The molecule has 23 heavy (non-hydrogen) atoms. The van der Waals surface area contributed by atoms with Gasteiger partial charge in [-0.3, -0.25) is 9.69 Å². The van der Waals surface area contributed by atoms with Gasteiger partial charge < -0.3 is 10.2 Å². The van der Waals surface area contributed by atoms with Crippen molar-refractivity contribution in [3.8, 4) is 0 Å². The Hall–Kier alpha value is -1.39. The van der Waals surface area contributed by atoms with Gasteiger partial charge in [0.15, 0.2) is 0 Å². The highest BCUT2D eigenvalue weighted by Crippen LogP contribution is 2.19. The third-order valence-electron chi connectivity index (χ3n) is 4.83. The highest BCUT2D eigenvalue weighted by molar-refractivity contribution is 5.78. The van der Waals surface area contributed by atoms with E-state index >= 15 is 0 Å². The van der Waals surface area contributed by atoms with Crippen molar-refractivity contribution in [1.82, 2.24) is 15.1 Å². The Balaban J connectivity index is 1.66. The van der Waals surface area contributed by atoms with E-state index in [2.05, 4.69) is 59.3 Å². The van der Waals surface area contributed by atoms with Crippen molar-refractivity contribution in [2.45, 2.75) is 33.2 Å². The number of nitrogens with zero attached hydrogens (tertiary/aromatic N) is 2. The third-order valence-corrected chi connectivity index (χ3v) is 4.83. The fourth-order valence-corrected chi connectivity index (χ4v) is 3.22. The van der Waals surface area contributed by atoms with Crippen molar-refractivity contribution in [3.05, 3.63) is 35.9 Å². The van der Waals surface area contributed by atoms with E-state index in [9.17, 15) is 4.79 Å². The number of piperidine rings is 1. The second-order valence-corrected chi connectivity index (χ2v) is 6.35. The summed E-state index contributed by atoms with van der Waals surface area (Å²) in [5.41, 5.74) is 1.36. The molecule has 1 aliphatic heterocycles. The molecule has 1 aliphatic rings. The summed E-state index contributed by atoms with van der Waals surface area (Å²) >= 11 is 0. The quantitative estimate of drug-likeness (QED) is 0.799. The smallest absolute Gasteiger partial charge is 0.223 e. The highest BCUT2D eigenvalue weighted by atomic mass is 16.1. The Labute approximate surface area is 140 Å². The van der Waals surface area contributed by atoms with Crippen LogP contribution in [0.25, 0.3) is 0 Å². The molecule has 0 aromatic heterocycles. The number of likely N-dealkylation sites (tertiary alicyclic amines) is 1. The summed E-state index contributed by atoms with van der Waals surface area (Å²) in [7, 11) is 0. The summed E-state index contributed by atoms with van der Waals surface area (Å²) in [5, 5.41) is 3.12. The van der Waals surface area contributed by atoms with Crippen molar-refractivity contribution < 1.29 is 4.79 Å². The van der Waals surface area contributed by atoms with E-state index in [1.54, 1.807) is 0 Å². The Morgan fingerprint density at radius 2 is 1.83 bits per heavy atom. The van der Waals surface area contributed by atoms with E-state index in [0.29, 0.717) is 0 Å². The van der Waals surface area contributed by atoms with Gasteiger partial charge in [0.25, 0.3) is 0 Å². The van der Waals surface area contributed by atoms with Crippen LogP contribution in [0.1, 0.15) is 32.3 Å². The Morgan fingerprint density at radius 1 is 1.17 bits per heavy atom. The molecule has 0 saturated carbocycles. The molecule has 4 nitrogen and oxygen atoms in total. The zero-order valence-electron chi connectivity index (χ0n) is 14.6. The summed E-state index contributed by atoms with van der Waals surface area (Å²) in [5.74, 6) is 0.440. The van der Waals surface area contributed by atoms with Gasteiger partial charge in [0.05, 0.1) is 0 Å². The lowest BCUT2D eigenvalue weighted by Gasteiger charge is -2.31. The first-order chi connectivity index (χ1) is 11.2. The van der Waals surface area contributed by atoms with Gasteiger partial charge in [0, 0.05) is 25.6 Å². The lowest BCUT2D eigenvalue weighted by molar-refractivity contribution is -0.126. The zero-order valence-corrected chi connectivity index (χ0v) is 14.6. The van der Waals surface area contributed by atoms with Crippen LogP contribution in [-0.4, -0.2) is 55.0 Å². The van der Waals surface area contributed by atoms with Gasteiger partial charge in [-0.25, -0.2) is 0 Å².